The zero-order valence-electron chi connectivity index (χ0n) is 10.6. The molecule has 0 aliphatic heterocycles. The van der Waals surface area contributed by atoms with Gasteiger partial charge < -0.3 is 15.5 Å². The van der Waals surface area contributed by atoms with Gasteiger partial charge in [0.05, 0.1) is 6.26 Å². The van der Waals surface area contributed by atoms with Gasteiger partial charge in [-0.3, -0.25) is 4.79 Å². The van der Waals surface area contributed by atoms with Crippen LogP contribution in [0.25, 0.3) is 0 Å². The molecule has 3 N–H and O–H groups in total. The van der Waals surface area contributed by atoms with Crippen LogP contribution in [-0.4, -0.2) is 18.5 Å². The van der Waals surface area contributed by atoms with Gasteiger partial charge in [0, 0.05) is 18.9 Å². The minimum absolute atomic E-state index is 0.0874. The summed E-state index contributed by atoms with van der Waals surface area (Å²) in [4.78, 5) is 11.6. The van der Waals surface area contributed by atoms with Crippen LogP contribution < -0.4 is 11.1 Å². The molecule has 0 aliphatic rings. The van der Waals surface area contributed by atoms with Crippen molar-refractivity contribution in [2.75, 3.05) is 6.54 Å². The highest BCUT2D eigenvalue weighted by Crippen LogP contribution is 2.06. The van der Waals surface area contributed by atoms with Crippen LogP contribution in [-0.2, 0) is 11.2 Å². The van der Waals surface area contributed by atoms with Gasteiger partial charge in [0.2, 0.25) is 5.91 Å². The summed E-state index contributed by atoms with van der Waals surface area (Å²) in [5.74, 6) is 1.39. The highest BCUT2D eigenvalue weighted by Gasteiger charge is 2.10. The normalized spacial score (nSPS) is 14.3. The summed E-state index contributed by atoms with van der Waals surface area (Å²) in [5, 5.41) is 2.96. The summed E-state index contributed by atoms with van der Waals surface area (Å²) in [6.45, 7) is 4.67. The molecule has 96 valence electrons. The highest BCUT2D eigenvalue weighted by atomic mass is 16.3. The van der Waals surface area contributed by atoms with E-state index in [1.54, 1.807) is 6.26 Å². The topological polar surface area (TPSA) is 68.3 Å². The lowest BCUT2D eigenvalue weighted by Crippen LogP contribution is -2.34. The maximum atomic E-state index is 11.6. The van der Waals surface area contributed by atoms with Crippen molar-refractivity contribution in [2.45, 2.75) is 39.2 Å². The van der Waals surface area contributed by atoms with E-state index >= 15 is 0 Å². The van der Waals surface area contributed by atoms with Crippen LogP contribution in [0.5, 0.6) is 0 Å². The van der Waals surface area contributed by atoms with Gasteiger partial charge in [0.15, 0.2) is 0 Å². The first-order valence-electron chi connectivity index (χ1n) is 6.13. The third kappa shape index (κ3) is 5.54. The van der Waals surface area contributed by atoms with E-state index in [0.29, 0.717) is 18.9 Å². The molecule has 4 heteroatoms. The number of amides is 1. The Morgan fingerprint density at radius 2 is 2.29 bits per heavy atom. The van der Waals surface area contributed by atoms with E-state index in [4.69, 9.17) is 10.2 Å². The second-order valence-corrected chi connectivity index (χ2v) is 4.63. The van der Waals surface area contributed by atoms with Gasteiger partial charge >= 0.3 is 0 Å². The van der Waals surface area contributed by atoms with Crippen molar-refractivity contribution >= 4 is 5.91 Å². The average molecular weight is 238 g/mol. The van der Waals surface area contributed by atoms with Gasteiger partial charge in [0.25, 0.3) is 0 Å². The quantitative estimate of drug-likeness (QED) is 0.759. The van der Waals surface area contributed by atoms with Crippen molar-refractivity contribution in [3.63, 3.8) is 0 Å². The number of hydrogen-bond acceptors (Lipinski definition) is 3. The van der Waals surface area contributed by atoms with Crippen molar-refractivity contribution in [1.82, 2.24) is 5.32 Å². The van der Waals surface area contributed by atoms with Crippen LogP contribution >= 0.6 is 0 Å². The first-order valence-corrected chi connectivity index (χ1v) is 6.13. The Hall–Kier alpha value is -1.29. The predicted octanol–water partition coefficient (Wildman–Crippen LogP) is 1.70. The summed E-state index contributed by atoms with van der Waals surface area (Å²) in [6.07, 6.45) is 3.76. The molecular formula is C13H22N2O2. The van der Waals surface area contributed by atoms with Crippen LogP contribution in [0, 0.1) is 5.92 Å². The van der Waals surface area contributed by atoms with E-state index in [-0.39, 0.29) is 11.9 Å². The number of hydrogen-bond donors (Lipinski definition) is 2. The molecule has 0 bridgehead atoms. The van der Waals surface area contributed by atoms with Crippen LogP contribution in [0.2, 0.25) is 0 Å². The van der Waals surface area contributed by atoms with Crippen molar-refractivity contribution in [1.29, 1.82) is 0 Å². The average Bonchev–Trinajstić information content (AvgIpc) is 2.78. The van der Waals surface area contributed by atoms with Gasteiger partial charge in [-0.2, -0.15) is 0 Å². The first-order chi connectivity index (χ1) is 8.11. The maximum absolute atomic E-state index is 11.6. The van der Waals surface area contributed by atoms with E-state index < -0.39 is 0 Å². The van der Waals surface area contributed by atoms with E-state index in [1.165, 1.54) is 0 Å². The molecule has 0 spiro atoms. The standard InChI is InChI=1S/C13H22N2O2/c1-10(9-14)5-6-13(16)15-11(2)8-12-4-3-7-17-12/h3-4,7,10-11H,5-6,8-9,14H2,1-2H3,(H,15,16). The Morgan fingerprint density at radius 1 is 1.53 bits per heavy atom. The van der Waals surface area contributed by atoms with E-state index in [0.717, 1.165) is 18.6 Å². The Balaban J connectivity index is 2.21. The van der Waals surface area contributed by atoms with Crippen molar-refractivity contribution in [2.24, 2.45) is 11.7 Å². The molecule has 4 nitrogen and oxygen atoms in total. The van der Waals surface area contributed by atoms with Gasteiger partial charge in [-0.15, -0.1) is 0 Å². The third-order valence-corrected chi connectivity index (χ3v) is 2.76. The second-order valence-electron chi connectivity index (χ2n) is 4.63. The Bertz CT molecular complexity index is 322. The molecule has 2 unspecified atom stereocenters. The SMILES string of the molecule is CC(CN)CCC(=O)NC(C)Cc1ccco1. The first kappa shape index (κ1) is 13.8. The number of carbonyl (C=O) groups excluding carboxylic acids is 1. The molecule has 1 amide bonds. The monoisotopic (exact) mass is 238 g/mol. The van der Waals surface area contributed by atoms with E-state index in [2.05, 4.69) is 12.2 Å². The van der Waals surface area contributed by atoms with Crippen molar-refractivity contribution in [3.8, 4) is 0 Å². The lowest BCUT2D eigenvalue weighted by Gasteiger charge is -2.13. The largest absolute Gasteiger partial charge is 0.469 e. The summed E-state index contributed by atoms with van der Waals surface area (Å²) >= 11 is 0. The summed E-state index contributed by atoms with van der Waals surface area (Å²) in [7, 11) is 0. The molecule has 0 saturated heterocycles. The number of furan rings is 1. The number of rotatable bonds is 7. The minimum Gasteiger partial charge on any atom is -0.469 e. The summed E-state index contributed by atoms with van der Waals surface area (Å²) in [6, 6.07) is 3.87. The zero-order chi connectivity index (χ0) is 12.7. The lowest BCUT2D eigenvalue weighted by atomic mass is 10.1. The third-order valence-electron chi connectivity index (χ3n) is 2.76. The molecule has 1 aromatic rings. The molecule has 0 radical (unpaired) electrons. The number of nitrogens with two attached hydrogens (primary N) is 1. The van der Waals surface area contributed by atoms with Crippen LogP contribution in [0.1, 0.15) is 32.4 Å². The van der Waals surface area contributed by atoms with Crippen LogP contribution in [0.3, 0.4) is 0 Å². The molecule has 0 aliphatic carbocycles. The van der Waals surface area contributed by atoms with E-state index in [1.807, 2.05) is 19.1 Å². The molecule has 0 saturated carbocycles. The molecule has 0 fully saturated rings. The smallest absolute Gasteiger partial charge is 0.220 e. The Kier molecular flexibility index (Phi) is 5.77. The Labute approximate surface area is 103 Å². The fraction of sp³-hybridized carbons (Fsp3) is 0.615. The highest BCUT2D eigenvalue weighted by molar-refractivity contribution is 5.76. The summed E-state index contributed by atoms with van der Waals surface area (Å²) in [5.41, 5.74) is 5.51. The molecule has 17 heavy (non-hydrogen) atoms. The number of nitrogens with one attached hydrogen (secondary N) is 1. The van der Waals surface area contributed by atoms with Crippen molar-refractivity contribution < 1.29 is 9.21 Å². The summed E-state index contributed by atoms with van der Waals surface area (Å²) < 4.78 is 5.23. The molecular weight excluding hydrogens is 216 g/mol. The molecule has 1 rings (SSSR count). The van der Waals surface area contributed by atoms with Gasteiger partial charge in [-0.1, -0.05) is 6.92 Å². The van der Waals surface area contributed by atoms with Gasteiger partial charge in [-0.25, -0.2) is 0 Å². The number of carbonyl (C=O) groups is 1. The van der Waals surface area contributed by atoms with E-state index in [9.17, 15) is 4.79 Å². The van der Waals surface area contributed by atoms with Gasteiger partial charge in [0.1, 0.15) is 5.76 Å². The van der Waals surface area contributed by atoms with Crippen molar-refractivity contribution in [3.05, 3.63) is 24.2 Å². The predicted molar refractivity (Wildman–Crippen MR) is 67.5 cm³/mol. The molecule has 0 aromatic carbocycles. The molecule has 1 heterocycles. The fourth-order valence-electron chi connectivity index (χ4n) is 1.62. The lowest BCUT2D eigenvalue weighted by molar-refractivity contribution is -0.121. The Morgan fingerprint density at radius 3 is 2.88 bits per heavy atom. The molecule has 1 aromatic heterocycles. The van der Waals surface area contributed by atoms with Crippen LogP contribution in [0.15, 0.2) is 22.8 Å². The minimum atomic E-state index is 0.0874. The fourth-order valence-corrected chi connectivity index (χ4v) is 1.62. The second kappa shape index (κ2) is 7.12. The van der Waals surface area contributed by atoms with Crippen LogP contribution in [0.4, 0.5) is 0 Å². The maximum Gasteiger partial charge on any atom is 0.220 e. The molecule has 2 atom stereocenters. The van der Waals surface area contributed by atoms with Gasteiger partial charge in [-0.05, 0) is 37.9 Å². The zero-order valence-corrected chi connectivity index (χ0v) is 10.6.